The van der Waals surface area contributed by atoms with Gasteiger partial charge in [0.2, 0.25) is 0 Å². The number of methoxy groups -OCH3 is 1. The van der Waals surface area contributed by atoms with Crippen LogP contribution in [-0.4, -0.2) is 24.0 Å². The van der Waals surface area contributed by atoms with Crippen LogP contribution < -0.4 is 0 Å². The Bertz CT molecular complexity index is 166. The van der Waals surface area contributed by atoms with Crippen LogP contribution in [0.25, 0.3) is 0 Å². The average molecular weight is 450 g/mol. The summed E-state index contributed by atoms with van der Waals surface area (Å²) in [4.78, 5) is 10.6. The second kappa shape index (κ2) is 13.0. The second-order valence-corrected chi connectivity index (χ2v) is 13.6. The number of oxime groups is 1. The van der Waals surface area contributed by atoms with E-state index in [1.54, 1.807) is 0 Å². The monoisotopic (exact) mass is 450 g/mol. The maximum atomic E-state index is 10.6. The van der Waals surface area contributed by atoms with E-state index in [2.05, 4.69) is 49.9 Å². The number of hydrogen-bond acceptors (Lipinski definition) is 4. The van der Waals surface area contributed by atoms with Gasteiger partial charge in [-0.15, -0.1) is 0 Å². The molecule has 0 radical (unpaired) electrons. The molecule has 0 aromatic rings. The predicted octanol–water partition coefficient (Wildman–Crippen LogP) is 2.56. The number of esters is 1. The van der Waals surface area contributed by atoms with Gasteiger partial charge in [0, 0.05) is 6.42 Å². The Morgan fingerprint density at radius 3 is 2.31 bits per heavy atom. The van der Waals surface area contributed by atoms with Gasteiger partial charge in [-0.25, -0.2) is 4.79 Å². The van der Waals surface area contributed by atoms with Crippen molar-refractivity contribution in [1.29, 1.82) is 0 Å². The van der Waals surface area contributed by atoms with Crippen molar-refractivity contribution in [2.24, 2.45) is 5.16 Å². The van der Waals surface area contributed by atoms with Crippen molar-refractivity contribution in [2.45, 2.75) is 19.8 Å². The Hall–Kier alpha value is 0.984. The van der Waals surface area contributed by atoms with Crippen LogP contribution in [0.1, 0.15) is 19.8 Å². The van der Waals surface area contributed by atoms with E-state index >= 15 is 0 Å². The molecule has 0 saturated heterocycles. The molecule has 0 atom stereocenters. The summed E-state index contributed by atoms with van der Waals surface area (Å²) in [7, 11) is 1.88. The van der Waals surface area contributed by atoms with Gasteiger partial charge in [-0.1, -0.05) is 18.5 Å². The minimum absolute atomic E-state index is 0.0741. The van der Waals surface area contributed by atoms with Crippen LogP contribution in [0.15, 0.2) is 5.16 Å². The fourth-order valence-corrected chi connectivity index (χ4v) is 0.548. The van der Waals surface area contributed by atoms with Crippen molar-refractivity contribution < 1.29 is 24.2 Å². The molecule has 0 heterocycles. The number of nitrogens with zero attached hydrogens (tertiary/aromatic N) is 1. The summed E-state index contributed by atoms with van der Waals surface area (Å²) in [6.07, 6.45) is 1.21. The number of ether oxygens (including phenoxy) is 1. The summed E-state index contributed by atoms with van der Waals surface area (Å²) in [6, 6.07) is 0. The zero-order valence-electron chi connectivity index (χ0n) is 7.33. The van der Waals surface area contributed by atoms with E-state index in [1.165, 1.54) is 7.11 Å². The predicted molar refractivity (Wildman–Crippen MR) is 64.2 cm³/mol. The standard InChI is InChI=1S/C6H11NO3.2HI.V/c1-3-4-5(7-9)6(8)10-2;;;/h9H,3-4H2,1-2H3;2*1H;/q;;;+2/p-2/b7-5+;;;. The van der Waals surface area contributed by atoms with Gasteiger partial charge in [-0.2, -0.15) is 0 Å². The Kier molecular flexibility index (Phi) is 16.4. The van der Waals surface area contributed by atoms with Crippen molar-refractivity contribution in [3.8, 4) is 0 Å². The zero-order chi connectivity index (χ0) is 10.7. The summed E-state index contributed by atoms with van der Waals surface area (Å²) < 4.78 is 4.33. The number of carbonyl (C=O) groups excluding carboxylic acids is 1. The van der Waals surface area contributed by atoms with Crippen molar-refractivity contribution >= 4 is 51.6 Å². The summed E-state index contributed by atoms with van der Waals surface area (Å²) in [5.41, 5.74) is 0.0741. The van der Waals surface area contributed by atoms with E-state index in [0.717, 1.165) is 6.42 Å². The molecule has 0 saturated carbocycles. The fraction of sp³-hybridized carbons (Fsp3) is 0.667. The van der Waals surface area contributed by atoms with Crippen molar-refractivity contribution in [3.63, 3.8) is 0 Å². The van der Waals surface area contributed by atoms with E-state index in [1.807, 2.05) is 6.92 Å². The Balaban J connectivity index is 0. The number of hydrogen-bond donors (Lipinski definition) is 1. The molecule has 0 aromatic heterocycles. The third kappa shape index (κ3) is 10.9. The van der Waals surface area contributed by atoms with Crippen LogP contribution in [0.5, 0.6) is 0 Å². The molecule has 0 bridgehead atoms. The van der Waals surface area contributed by atoms with Gasteiger partial charge < -0.3 is 9.94 Å². The molecule has 0 aromatic carbocycles. The Labute approximate surface area is 107 Å². The van der Waals surface area contributed by atoms with E-state index in [4.69, 9.17) is 5.21 Å². The molecule has 0 aliphatic rings. The topological polar surface area (TPSA) is 58.9 Å². The van der Waals surface area contributed by atoms with E-state index < -0.39 is 5.97 Å². The Morgan fingerprint density at radius 2 is 2.08 bits per heavy atom. The second-order valence-electron chi connectivity index (χ2n) is 1.85. The molecule has 7 heteroatoms. The number of carbonyl (C=O) groups is 1. The SMILES string of the molecule is CCC/C(=N\O)C(=O)OC.[I][V][I]. The fourth-order valence-electron chi connectivity index (χ4n) is 0.548. The summed E-state index contributed by atoms with van der Waals surface area (Å²) in [5, 5.41) is 11.0. The van der Waals surface area contributed by atoms with Crippen LogP contribution in [0.3, 0.4) is 0 Å². The minimum atomic E-state index is -0.565. The van der Waals surface area contributed by atoms with Gasteiger partial charge in [0.1, 0.15) is 0 Å². The van der Waals surface area contributed by atoms with Gasteiger partial charge in [-0.05, 0) is 0 Å². The van der Waals surface area contributed by atoms with E-state index in [9.17, 15) is 4.79 Å². The molecule has 77 valence electrons. The average Bonchev–Trinajstić information content (AvgIpc) is 2.14. The molecule has 0 unspecified atom stereocenters. The first-order chi connectivity index (χ1) is 6.17. The first kappa shape index (κ1) is 16.4. The normalized spacial score (nSPS) is 9.69. The van der Waals surface area contributed by atoms with Gasteiger partial charge in [0.05, 0.1) is 7.11 Å². The molecule has 0 fully saturated rings. The molecular formula is C6H11I2NO3V. The molecule has 0 aliphatic carbocycles. The third-order valence-electron chi connectivity index (χ3n) is 1.03. The maximum absolute atomic E-state index is 10.6. The molecule has 0 rings (SSSR count). The van der Waals surface area contributed by atoms with Gasteiger partial charge in [-0.3, -0.25) is 0 Å². The van der Waals surface area contributed by atoms with Crippen LogP contribution in [0.2, 0.25) is 0 Å². The van der Waals surface area contributed by atoms with E-state index in [-0.39, 0.29) is 5.71 Å². The molecule has 13 heavy (non-hydrogen) atoms. The Morgan fingerprint density at radius 1 is 1.62 bits per heavy atom. The third-order valence-corrected chi connectivity index (χ3v) is 1.03. The zero-order valence-corrected chi connectivity index (χ0v) is 13.0. The molecular weight excluding hydrogens is 439 g/mol. The summed E-state index contributed by atoms with van der Waals surface area (Å²) in [5.74, 6) is -0.565. The quantitative estimate of drug-likeness (QED) is 0.237. The first-order valence-corrected chi connectivity index (χ1v) is 12.4. The van der Waals surface area contributed by atoms with Crippen LogP contribution in [0, 0.1) is 0 Å². The molecule has 0 aliphatic heterocycles. The first-order valence-electron chi connectivity index (χ1n) is 3.39. The van der Waals surface area contributed by atoms with E-state index in [0.29, 0.717) is 15.9 Å². The van der Waals surface area contributed by atoms with Gasteiger partial charge in [0.15, 0.2) is 5.71 Å². The van der Waals surface area contributed by atoms with Crippen LogP contribution >= 0.6 is 40.0 Å². The van der Waals surface area contributed by atoms with Crippen molar-refractivity contribution in [2.75, 3.05) is 7.11 Å². The number of rotatable bonds is 3. The van der Waals surface area contributed by atoms with Gasteiger partial charge >= 0.3 is 55.4 Å². The summed E-state index contributed by atoms with van der Waals surface area (Å²) >= 11 is 4.74. The molecule has 1 N–H and O–H groups in total. The van der Waals surface area contributed by atoms with Gasteiger partial charge in [0.25, 0.3) is 0 Å². The molecule has 0 spiro atoms. The number of halogens is 2. The van der Waals surface area contributed by atoms with Crippen LogP contribution in [0.4, 0.5) is 0 Å². The molecule has 0 amide bonds. The molecule has 4 nitrogen and oxygen atoms in total. The van der Waals surface area contributed by atoms with Crippen LogP contribution in [-0.2, 0) is 19.0 Å². The van der Waals surface area contributed by atoms with Crippen molar-refractivity contribution in [3.05, 3.63) is 0 Å². The van der Waals surface area contributed by atoms with Crippen molar-refractivity contribution in [1.82, 2.24) is 0 Å². The summed E-state index contributed by atoms with van der Waals surface area (Å²) in [6.45, 7) is 1.88.